The van der Waals surface area contributed by atoms with E-state index in [-0.39, 0.29) is 0 Å². The summed E-state index contributed by atoms with van der Waals surface area (Å²) in [5, 5.41) is 8.46. The topological polar surface area (TPSA) is 83.5 Å². The number of nitrogens with one attached hydrogen (secondary N) is 1. The van der Waals surface area contributed by atoms with Crippen molar-refractivity contribution in [1.29, 1.82) is 0 Å². The molecule has 0 aliphatic rings. The SMILES string of the molecule is CC(=O)C(C(=O)N[C@@H](C)C(=O)O)C(Cl)C(F)F. The van der Waals surface area contributed by atoms with E-state index in [1.807, 2.05) is 5.32 Å². The minimum absolute atomic E-state index is 0.847. The van der Waals surface area contributed by atoms with Crippen LogP contribution in [0, 0.1) is 5.92 Å². The molecule has 0 aromatic rings. The standard InChI is InChI=1S/C9H12ClF2NO4/c1-3(9(16)17)13-8(15)5(4(2)14)6(10)7(11)12/h3,5-7H,1-2H3,(H,13,15)(H,16,17)/t3-,5?,6?/m0/s1. The number of rotatable bonds is 6. The predicted molar refractivity (Wildman–Crippen MR) is 55.1 cm³/mol. The van der Waals surface area contributed by atoms with E-state index in [0.29, 0.717) is 0 Å². The van der Waals surface area contributed by atoms with Gasteiger partial charge in [-0.25, -0.2) is 8.78 Å². The molecule has 0 rings (SSSR count). The summed E-state index contributed by atoms with van der Waals surface area (Å²) >= 11 is 5.26. The van der Waals surface area contributed by atoms with Gasteiger partial charge in [0.05, 0.1) is 0 Å². The van der Waals surface area contributed by atoms with Gasteiger partial charge in [0.15, 0.2) is 0 Å². The molecule has 0 saturated carbocycles. The van der Waals surface area contributed by atoms with Gasteiger partial charge in [0.25, 0.3) is 6.43 Å². The van der Waals surface area contributed by atoms with Gasteiger partial charge in [-0.15, -0.1) is 11.6 Å². The molecule has 0 radical (unpaired) electrons. The highest BCUT2D eigenvalue weighted by Crippen LogP contribution is 2.20. The van der Waals surface area contributed by atoms with Gasteiger partial charge in [-0.05, 0) is 13.8 Å². The Balaban J connectivity index is 4.79. The monoisotopic (exact) mass is 271 g/mol. The van der Waals surface area contributed by atoms with Crippen molar-refractivity contribution in [3.8, 4) is 0 Å². The highest BCUT2D eigenvalue weighted by atomic mass is 35.5. The van der Waals surface area contributed by atoms with Crippen LogP contribution >= 0.6 is 11.6 Å². The van der Waals surface area contributed by atoms with Gasteiger partial charge >= 0.3 is 5.97 Å². The highest BCUT2D eigenvalue weighted by Gasteiger charge is 2.37. The Morgan fingerprint density at radius 2 is 1.76 bits per heavy atom. The minimum Gasteiger partial charge on any atom is -0.480 e. The number of aliphatic carboxylic acids is 1. The normalized spacial score (nSPS) is 16.1. The van der Waals surface area contributed by atoms with E-state index in [9.17, 15) is 23.2 Å². The van der Waals surface area contributed by atoms with Gasteiger partial charge in [0.1, 0.15) is 23.1 Å². The van der Waals surface area contributed by atoms with Crippen LogP contribution < -0.4 is 5.32 Å². The Hall–Kier alpha value is -1.24. The van der Waals surface area contributed by atoms with Crippen LogP contribution in [0.15, 0.2) is 0 Å². The zero-order chi connectivity index (χ0) is 13.7. The van der Waals surface area contributed by atoms with Crippen molar-refractivity contribution in [3.05, 3.63) is 0 Å². The predicted octanol–water partition coefficient (Wildman–Crippen LogP) is 0.653. The second-order valence-electron chi connectivity index (χ2n) is 3.44. The molecule has 0 aliphatic carbocycles. The molecule has 1 amide bonds. The fraction of sp³-hybridized carbons (Fsp3) is 0.667. The van der Waals surface area contributed by atoms with Gasteiger partial charge in [0.2, 0.25) is 5.91 Å². The minimum atomic E-state index is -3.06. The number of carboxylic acid groups (broad SMARTS) is 1. The molecule has 0 aliphatic heterocycles. The first-order valence-corrected chi connectivity index (χ1v) is 5.08. The Bertz CT molecular complexity index is 324. The van der Waals surface area contributed by atoms with E-state index in [0.717, 1.165) is 13.8 Å². The van der Waals surface area contributed by atoms with Crippen LogP contribution in [-0.2, 0) is 14.4 Å². The van der Waals surface area contributed by atoms with Crippen molar-refractivity contribution in [1.82, 2.24) is 5.32 Å². The third-order valence-electron chi connectivity index (χ3n) is 2.01. The second kappa shape index (κ2) is 6.48. The Labute approximate surface area is 101 Å². The molecule has 0 aromatic heterocycles. The van der Waals surface area contributed by atoms with Gasteiger partial charge in [-0.3, -0.25) is 14.4 Å². The van der Waals surface area contributed by atoms with Gasteiger partial charge < -0.3 is 10.4 Å². The molecule has 17 heavy (non-hydrogen) atoms. The molecule has 0 fully saturated rings. The van der Waals surface area contributed by atoms with E-state index in [1.54, 1.807) is 0 Å². The summed E-state index contributed by atoms with van der Waals surface area (Å²) in [6.45, 7) is 2.08. The van der Waals surface area contributed by atoms with Crippen molar-refractivity contribution in [2.45, 2.75) is 31.7 Å². The molecule has 0 spiro atoms. The number of halogens is 3. The smallest absolute Gasteiger partial charge is 0.325 e. The molecular formula is C9H12ClF2NO4. The first kappa shape index (κ1) is 15.8. The second-order valence-corrected chi connectivity index (χ2v) is 3.94. The number of carbonyl (C=O) groups excluding carboxylic acids is 2. The molecule has 98 valence electrons. The van der Waals surface area contributed by atoms with E-state index in [1.165, 1.54) is 0 Å². The summed E-state index contributed by atoms with van der Waals surface area (Å²) in [6.07, 6.45) is -3.06. The van der Waals surface area contributed by atoms with Crippen LogP contribution in [0.2, 0.25) is 0 Å². The number of carboxylic acids is 1. The van der Waals surface area contributed by atoms with Gasteiger partial charge in [-0.1, -0.05) is 0 Å². The lowest BCUT2D eigenvalue weighted by Crippen LogP contribution is -2.47. The number of hydrogen-bond acceptors (Lipinski definition) is 3. The van der Waals surface area contributed by atoms with Crippen molar-refractivity contribution < 1.29 is 28.3 Å². The quantitative estimate of drug-likeness (QED) is 0.549. The van der Waals surface area contributed by atoms with Gasteiger partial charge in [0, 0.05) is 0 Å². The van der Waals surface area contributed by atoms with E-state index in [4.69, 9.17) is 16.7 Å². The molecule has 2 N–H and O–H groups in total. The van der Waals surface area contributed by atoms with Crippen molar-refractivity contribution in [2.24, 2.45) is 5.92 Å². The lowest BCUT2D eigenvalue weighted by Gasteiger charge is -2.19. The Morgan fingerprint density at radius 1 is 1.29 bits per heavy atom. The number of alkyl halides is 3. The summed E-state index contributed by atoms with van der Waals surface area (Å²) in [7, 11) is 0. The first-order chi connectivity index (χ1) is 7.68. The average molecular weight is 272 g/mol. The van der Waals surface area contributed by atoms with Crippen LogP contribution in [0.1, 0.15) is 13.8 Å². The van der Waals surface area contributed by atoms with Crippen LogP contribution in [0.25, 0.3) is 0 Å². The maximum Gasteiger partial charge on any atom is 0.325 e. The molecule has 0 aromatic carbocycles. The molecular weight excluding hydrogens is 260 g/mol. The number of ketones is 1. The number of hydrogen-bond donors (Lipinski definition) is 2. The Kier molecular flexibility index (Phi) is 6.01. The van der Waals surface area contributed by atoms with Crippen LogP contribution in [0.5, 0.6) is 0 Å². The summed E-state index contributed by atoms with van der Waals surface area (Å²) in [4.78, 5) is 32.9. The summed E-state index contributed by atoms with van der Waals surface area (Å²) in [5.74, 6) is -5.07. The molecule has 0 bridgehead atoms. The summed E-state index contributed by atoms with van der Waals surface area (Å²) < 4.78 is 24.6. The fourth-order valence-electron chi connectivity index (χ4n) is 1.06. The van der Waals surface area contributed by atoms with E-state index in [2.05, 4.69) is 0 Å². The fourth-order valence-corrected chi connectivity index (χ4v) is 1.36. The highest BCUT2D eigenvalue weighted by molar-refractivity contribution is 6.25. The zero-order valence-corrected chi connectivity index (χ0v) is 9.87. The van der Waals surface area contributed by atoms with Crippen molar-refractivity contribution in [2.75, 3.05) is 0 Å². The first-order valence-electron chi connectivity index (χ1n) is 4.64. The maximum atomic E-state index is 12.3. The van der Waals surface area contributed by atoms with Gasteiger partial charge in [-0.2, -0.15) is 0 Å². The number of carbonyl (C=O) groups is 3. The molecule has 0 heterocycles. The van der Waals surface area contributed by atoms with Crippen LogP contribution in [0.4, 0.5) is 8.78 Å². The largest absolute Gasteiger partial charge is 0.480 e. The van der Waals surface area contributed by atoms with Crippen molar-refractivity contribution in [3.63, 3.8) is 0 Å². The molecule has 0 saturated heterocycles. The third kappa shape index (κ3) is 4.64. The number of Topliss-reactive ketones (excluding diaryl/α,β-unsaturated/α-hetero) is 1. The average Bonchev–Trinajstić information content (AvgIpc) is 2.16. The third-order valence-corrected chi connectivity index (χ3v) is 2.45. The van der Waals surface area contributed by atoms with E-state index >= 15 is 0 Å². The lowest BCUT2D eigenvalue weighted by molar-refractivity contribution is -0.143. The van der Waals surface area contributed by atoms with E-state index < -0.39 is 41.4 Å². The zero-order valence-electron chi connectivity index (χ0n) is 9.12. The van der Waals surface area contributed by atoms with Crippen molar-refractivity contribution >= 4 is 29.3 Å². The molecule has 5 nitrogen and oxygen atoms in total. The molecule has 2 unspecified atom stereocenters. The number of amides is 1. The maximum absolute atomic E-state index is 12.3. The van der Waals surface area contributed by atoms with Crippen LogP contribution in [0.3, 0.4) is 0 Å². The Morgan fingerprint density at radius 3 is 2.06 bits per heavy atom. The molecule has 8 heteroatoms. The molecule has 3 atom stereocenters. The summed E-state index contributed by atoms with van der Waals surface area (Å²) in [6, 6.07) is -1.29. The lowest BCUT2D eigenvalue weighted by atomic mass is 9.99. The van der Waals surface area contributed by atoms with Crippen LogP contribution in [-0.4, -0.2) is 40.6 Å². The summed E-state index contributed by atoms with van der Waals surface area (Å²) in [5.41, 5.74) is 0.